The van der Waals surface area contributed by atoms with Crippen molar-refractivity contribution < 1.29 is 4.79 Å². The summed E-state index contributed by atoms with van der Waals surface area (Å²) in [6.07, 6.45) is 2.70. The lowest BCUT2D eigenvalue weighted by Crippen LogP contribution is -2.36. The van der Waals surface area contributed by atoms with Gasteiger partial charge in [-0.05, 0) is 18.9 Å². The first-order valence-electron chi connectivity index (χ1n) is 7.72. The first-order chi connectivity index (χ1) is 10.1. The maximum absolute atomic E-state index is 12.5. The normalized spacial score (nSPS) is 17.2. The smallest absolute Gasteiger partial charge is 0.276 e. The summed E-state index contributed by atoms with van der Waals surface area (Å²) in [5.41, 5.74) is 5.89. The molecule has 1 amide bonds. The van der Waals surface area contributed by atoms with Gasteiger partial charge in [0.15, 0.2) is 5.69 Å². The van der Waals surface area contributed by atoms with Crippen LogP contribution in [0, 0.1) is 5.92 Å². The molecular weight excluding hydrogens is 268 g/mol. The summed E-state index contributed by atoms with van der Waals surface area (Å²) in [5.74, 6) is 0.632. The molecule has 1 fully saturated rings. The van der Waals surface area contributed by atoms with Gasteiger partial charge in [-0.15, -0.1) is 5.10 Å². The van der Waals surface area contributed by atoms with Crippen LogP contribution in [0.4, 0.5) is 0 Å². The maximum Gasteiger partial charge on any atom is 0.276 e. The van der Waals surface area contributed by atoms with E-state index >= 15 is 0 Å². The van der Waals surface area contributed by atoms with Gasteiger partial charge in [-0.25, -0.2) is 0 Å². The lowest BCUT2D eigenvalue weighted by Gasteiger charge is -2.22. The second kappa shape index (κ2) is 7.51. The molecule has 2 rings (SSSR count). The summed E-state index contributed by atoms with van der Waals surface area (Å²) >= 11 is 0. The van der Waals surface area contributed by atoms with Gasteiger partial charge in [0.2, 0.25) is 0 Å². The average molecular weight is 294 g/mol. The summed E-state index contributed by atoms with van der Waals surface area (Å²) in [4.78, 5) is 16.8. The van der Waals surface area contributed by atoms with Gasteiger partial charge in [-0.1, -0.05) is 19.1 Å². The molecule has 0 saturated carbocycles. The molecule has 1 aromatic heterocycles. The van der Waals surface area contributed by atoms with Crippen LogP contribution in [0.25, 0.3) is 0 Å². The van der Waals surface area contributed by atoms with E-state index in [1.54, 1.807) is 10.9 Å². The van der Waals surface area contributed by atoms with Crippen LogP contribution in [-0.2, 0) is 6.54 Å². The molecule has 7 nitrogen and oxygen atoms in total. The van der Waals surface area contributed by atoms with Crippen LogP contribution in [0.15, 0.2) is 6.20 Å². The number of hydrogen-bond donors (Lipinski definition) is 1. The Morgan fingerprint density at radius 3 is 2.86 bits per heavy atom. The zero-order valence-corrected chi connectivity index (χ0v) is 13.0. The highest BCUT2D eigenvalue weighted by atomic mass is 16.2. The Morgan fingerprint density at radius 1 is 1.33 bits per heavy atom. The van der Waals surface area contributed by atoms with Gasteiger partial charge in [0.25, 0.3) is 5.91 Å². The minimum Gasteiger partial charge on any atom is -0.336 e. The van der Waals surface area contributed by atoms with Gasteiger partial charge in [0, 0.05) is 32.7 Å². The van der Waals surface area contributed by atoms with Crippen molar-refractivity contribution in [3.05, 3.63) is 11.9 Å². The molecule has 0 spiro atoms. The summed E-state index contributed by atoms with van der Waals surface area (Å²) in [7, 11) is 0. The van der Waals surface area contributed by atoms with Crippen LogP contribution in [0.2, 0.25) is 0 Å². The van der Waals surface area contributed by atoms with Crippen LogP contribution in [0.3, 0.4) is 0 Å². The lowest BCUT2D eigenvalue weighted by molar-refractivity contribution is 0.0755. The Balaban J connectivity index is 1.93. The molecule has 0 atom stereocenters. The first-order valence-corrected chi connectivity index (χ1v) is 7.72. The number of carbonyl (C=O) groups is 1. The molecule has 118 valence electrons. The quantitative estimate of drug-likeness (QED) is 0.829. The maximum atomic E-state index is 12.5. The summed E-state index contributed by atoms with van der Waals surface area (Å²) < 4.78 is 1.62. The Hall–Kier alpha value is -1.47. The third-order valence-corrected chi connectivity index (χ3v) is 3.62. The summed E-state index contributed by atoms with van der Waals surface area (Å²) in [6, 6.07) is 0. The van der Waals surface area contributed by atoms with E-state index in [0.29, 0.717) is 24.7 Å². The highest BCUT2D eigenvalue weighted by molar-refractivity contribution is 5.91. The Kier molecular flexibility index (Phi) is 5.69. The Labute approximate surface area is 126 Å². The van der Waals surface area contributed by atoms with E-state index in [-0.39, 0.29) is 5.91 Å². The number of aromatic nitrogens is 3. The van der Waals surface area contributed by atoms with Crippen molar-refractivity contribution in [2.75, 3.05) is 39.3 Å². The van der Waals surface area contributed by atoms with E-state index in [9.17, 15) is 4.79 Å². The van der Waals surface area contributed by atoms with E-state index in [1.165, 1.54) is 0 Å². The van der Waals surface area contributed by atoms with Gasteiger partial charge in [0.05, 0.1) is 12.7 Å². The minimum absolute atomic E-state index is 0.0235. The zero-order valence-electron chi connectivity index (χ0n) is 13.0. The number of hydrogen-bond acceptors (Lipinski definition) is 5. The molecule has 1 aliphatic heterocycles. The standard InChI is InChI=1S/C14H26N6O/c1-12(2)10-18-5-3-6-19(9-8-18)14(21)13-11-20(7-4-15)17-16-13/h11-12H,3-10,15H2,1-2H3. The van der Waals surface area contributed by atoms with Crippen molar-refractivity contribution in [1.29, 1.82) is 0 Å². The van der Waals surface area contributed by atoms with Crippen molar-refractivity contribution >= 4 is 5.91 Å². The molecule has 0 radical (unpaired) electrons. The molecule has 2 heterocycles. The van der Waals surface area contributed by atoms with Gasteiger partial charge < -0.3 is 15.5 Å². The molecule has 1 saturated heterocycles. The van der Waals surface area contributed by atoms with E-state index in [2.05, 4.69) is 29.1 Å². The fourth-order valence-electron chi connectivity index (χ4n) is 2.67. The monoisotopic (exact) mass is 294 g/mol. The largest absolute Gasteiger partial charge is 0.336 e. The number of nitrogens with zero attached hydrogens (tertiary/aromatic N) is 5. The lowest BCUT2D eigenvalue weighted by atomic mass is 10.2. The highest BCUT2D eigenvalue weighted by Crippen LogP contribution is 2.09. The van der Waals surface area contributed by atoms with Crippen LogP contribution in [0.1, 0.15) is 30.8 Å². The number of rotatable bonds is 5. The second-order valence-electron chi connectivity index (χ2n) is 6.00. The number of carbonyl (C=O) groups excluding carboxylic acids is 1. The van der Waals surface area contributed by atoms with Gasteiger partial charge >= 0.3 is 0 Å². The van der Waals surface area contributed by atoms with Crippen molar-refractivity contribution in [2.45, 2.75) is 26.8 Å². The van der Waals surface area contributed by atoms with Crippen molar-refractivity contribution in [3.8, 4) is 0 Å². The Bertz CT molecular complexity index is 458. The second-order valence-corrected chi connectivity index (χ2v) is 6.00. The number of amides is 1. The molecule has 2 N–H and O–H groups in total. The molecule has 0 bridgehead atoms. The average Bonchev–Trinajstić information content (AvgIpc) is 2.78. The van der Waals surface area contributed by atoms with E-state index in [0.717, 1.165) is 39.1 Å². The fraction of sp³-hybridized carbons (Fsp3) is 0.786. The highest BCUT2D eigenvalue weighted by Gasteiger charge is 2.22. The van der Waals surface area contributed by atoms with E-state index in [4.69, 9.17) is 5.73 Å². The van der Waals surface area contributed by atoms with Crippen LogP contribution in [0.5, 0.6) is 0 Å². The predicted octanol–water partition coefficient (Wildman–Crippen LogP) is 0.0407. The van der Waals surface area contributed by atoms with Crippen LogP contribution < -0.4 is 5.73 Å². The summed E-state index contributed by atoms with van der Waals surface area (Å²) in [5, 5.41) is 7.89. The van der Waals surface area contributed by atoms with Gasteiger partial charge in [-0.2, -0.15) is 0 Å². The third-order valence-electron chi connectivity index (χ3n) is 3.62. The van der Waals surface area contributed by atoms with Crippen molar-refractivity contribution in [2.24, 2.45) is 11.7 Å². The number of nitrogens with two attached hydrogens (primary N) is 1. The van der Waals surface area contributed by atoms with Crippen molar-refractivity contribution in [1.82, 2.24) is 24.8 Å². The van der Waals surface area contributed by atoms with Crippen LogP contribution >= 0.6 is 0 Å². The van der Waals surface area contributed by atoms with Crippen molar-refractivity contribution in [3.63, 3.8) is 0 Å². The SMILES string of the molecule is CC(C)CN1CCCN(C(=O)c2cn(CCN)nn2)CC1. The fourth-order valence-corrected chi connectivity index (χ4v) is 2.67. The zero-order chi connectivity index (χ0) is 15.2. The molecular formula is C14H26N6O. The molecule has 0 aromatic carbocycles. The molecule has 1 aromatic rings. The van der Waals surface area contributed by atoms with Gasteiger partial charge in [0.1, 0.15) is 0 Å². The molecule has 0 aliphatic carbocycles. The van der Waals surface area contributed by atoms with Gasteiger partial charge in [-0.3, -0.25) is 9.48 Å². The van der Waals surface area contributed by atoms with Crippen LogP contribution in [-0.4, -0.2) is 70.0 Å². The summed E-state index contributed by atoms with van der Waals surface area (Å²) in [6.45, 7) is 10.2. The first kappa shape index (κ1) is 15.9. The minimum atomic E-state index is -0.0235. The molecule has 21 heavy (non-hydrogen) atoms. The Morgan fingerprint density at radius 2 is 2.14 bits per heavy atom. The topological polar surface area (TPSA) is 80.3 Å². The molecule has 1 aliphatic rings. The third kappa shape index (κ3) is 4.50. The predicted molar refractivity (Wildman–Crippen MR) is 80.9 cm³/mol. The van der Waals surface area contributed by atoms with E-state index in [1.807, 2.05) is 4.90 Å². The molecule has 0 unspecified atom stereocenters. The van der Waals surface area contributed by atoms with E-state index < -0.39 is 0 Å². The molecule has 7 heteroatoms.